The fraction of sp³-hybridized carbons (Fsp3) is 0.455. The minimum absolute atomic E-state index is 0.0435. The molecule has 1 aliphatic carbocycles. The molecule has 1 aromatic heterocycles. The number of aliphatic hydroxyl groups is 1. The van der Waals surface area contributed by atoms with Crippen LogP contribution in [0.2, 0.25) is 0 Å². The molecule has 0 radical (unpaired) electrons. The molecule has 3 rings (SSSR count). The van der Waals surface area contributed by atoms with Gasteiger partial charge in [0.25, 0.3) is 0 Å². The van der Waals surface area contributed by atoms with Gasteiger partial charge in [-0.2, -0.15) is 0 Å². The standard InChI is InChI=1S/C22H27FN2O3/c1-4-7-17(24-28-11-10-23)21-19(26)12-15(13-20(21)27)22-14(2)16-8-5-6-9-18(16)25(22)3/h5-6,8-9,15,26H,4,7,10-13H2,1-3H3/b24-17-. The van der Waals surface area contributed by atoms with Gasteiger partial charge in [0.2, 0.25) is 0 Å². The maximum absolute atomic E-state index is 12.9. The minimum atomic E-state index is -0.649. The van der Waals surface area contributed by atoms with Crippen molar-refractivity contribution in [1.29, 1.82) is 0 Å². The highest BCUT2D eigenvalue weighted by Crippen LogP contribution is 2.39. The molecule has 0 fully saturated rings. The SMILES string of the molecule is CCC/C(=N/OCCF)C1=C(O)CC(c2c(C)c3ccccc3n2C)CC1=O. The summed E-state index contributed by atoms with van der Waals surface area (Å²) in [5.74, 6) is -0.195. The number of nitrogens with zero attached hydrogens (tertiary/aromatic N) is 2. The van der Waals surface area contributed by atoms with Crippen LogP contribution < -0.4 is 0 Å². The molecule has 1 aromatic carbocycles. The lowest BCUT2D eigenvalue weighted by Gasteiger charge is -2.25. The molecule has 28 heavy (non-hydrogen) atoms. The maximum Gasteiger partial charge on any atom is 0.168 e. The number of fused-ring (bicyclic) bond motifs is 1. The number of halogens is 1. The first kappa shape index (κ1) is 20.1. The zero-order valence-corrected chi connectivity index (χ0v) is 16.7. The molecule has 150 valence electrons. The van der Waals surface area contributed by atoms with Gasteiger partial charge in [-0.05, 0) is 25.0 Å². The van der Waals surface area contributed by atoms with Crippen LogP contribution in [-0.2, 0) is 16.7 Å². The Labute approximate surface area is 164 Å². The van der Waals surface area contributed by atoms with Crippen LogP contribution in [0.3, 0.4) is 0 Å². The number of benzene rings is 1. The number of oxime groups is 1. The third kappa shape index (κ3) is 3.68. The molecule has 0 aliphatic heterocycles. The molecule has 5 nitrogen and oxygen atoms in total. The fourth-order valence-corrected chi connectivity index (χ4v) is 4.21. The number of para-hydroxylation sites is 1. The van der Waals surface area contributed by atoms with Crippen molar-refractivity contribution in [2.24, 2.45) is 12.2 Å². The number of aliphatic hydroxyl groups excluding tert-OH is 1. The van der Waals surface area contributed by atoms with Gasteiger partial charge in [-0.25, -0.2) is 4.39 Å². The number of carbonyl (C=O) groups excluding carboxylic acids is 1. The van der Waals surface area contributed by atoms with Crippen molar-refractivity contribution < 1.29 is 19.1 Å². The van der Waals surface area contributed by atoms with Gasteiger partial charge in [-0.1, -0.05) is 36.7 Å². The largest absolute Gasteiger partial charge is 0.511 e. The quantitative estimate of drug-likeness (QED) is 0.419. The number of Topliss-reactive ketones (excluding diaryl/α,β-unsaturated/α-hetero) is 1. The Morgan fingerprint density at radius 1 is 1.36 bits per heavy atom. The summed E-state index contributed by atoms with van der Waals surface area (Å²) in [4.78, 5) is 17.9. The van der Waals surface area contributed by atoms with Gasteiger partial charge in [0.1, 0.15) is 19.0 Å². The third-order valence-corrected chi connectivity index (χ3v) is 5.36. The van der Waals surface area contributed by atoms with Crippen molar-refractivity contribution in [3.8, 4) is 0 Å². The first-order chi connectivity index (χ1) is 13.5. The summed E-state index contributed by atoms with van der Waals surface area (Å²) < 4.78 is 14.4. The van der Waals surface area contributed by atoms with Crippen molar-refractivity contribution in [2.45, 2.75) is 45.4 Å². The lowest BCUT2D eigenvalue weighted by atomic mass is 9.81. The van der Waals surface area contributed by atoms with E-state index < -0.39 is 6.67 Å². The van der Waals surface area contributed by atoms with Gasteiger partial charge in [0.05, 0.1) is 11.3 Å². The number of ketones is 1. The lowest BCUT2D eigenvalue weighted by Crippen LogP contribution is -2.25. The Kier molecular flexibility index (Phi) is 6.17. The van der Waals surface area contributed by atoms with Crippen molar-refractivity contribution in [2.75, 3.05) is 13.3 Å². The lowest BCUT2D eigenvalue weighted by molar-refractivity contribution is -0.116. The van der Waals surface area contributed by atoms with Crippen LogP contribution in [0.15, 0.2) is 40.8 Å². The molecule has 0 spiro atoms. The second kappa shape index (κ2) is 8.59. The molecule has 1 unspecified atom stereocenters. The summed E-state index contributed by atoms with van der Waals surface area (Å²) in [7, 11) is 2.00. The Balaban J connectivity index is 1.96. The molecular formula is C22H27FN2O3. The Hall–Kier alpha value is -2.63. The van der Waals surface area contributed by atoms with Crippen LogP contribution in [-0.4, -0.2) is 34.5 Å². The molecule has 1 heterocycles. The van der Waals surface area contributed by atoms with Crippen molar-refractivity contribution in [3.05, 3.63) is 46.9 Å². The monoisotopic (exact) mass is 386 g/mol. The van der Waals surface area contributed by atoms with E-state index in [1.807, 2.05) is 26.1 Å². The number of aromatic nitrogens is 1. The molecule has 0 saturated heterocycles. The van der Waals surface area contributed by atoms with Gasteiger partial charge >= 0.3 is 0 Å². The first-order valence-electron chi connectivity index (χ1n) is 9.73. The van der Waals surface area contributed by atoms with Crippen molar-refractivity contribution in [1.82, 2.24) is 4.57 Å². The molecule has 0 amide bonds. The Morgan fingerprint density at radius 3 is 2.75 bits per heavy atom. The normalized spacial score (nSPS) is 18.2. The predicted octanol–water partition coefficient (Wildman–Crippen LogP) is 4.89. The van der Waals surface area contributed by atoms with Crippen LogP contribution in [0.25, 0.3) is 10.9 Å². The van der Waals surface area contributed by atoms with E-state index >= 15 is 0 Å². The van der Waals surface area contributed by atoms with Crippen LogP contribution in [0.1, 0.15) is 49.8 Å². The van der Waals surface area contributed by atoms with Crippen LogP contribution in [0, 0.1) is 6.92 Å². The predicted molar refractivity (Wildman–Crippen MR) is 109 cm³/mol. The van der Waals surface area contributed by atoms with Crippen LogP contribution in [0.5, 0.6) is 0 Å². The summed E-state index contributed by atoms with van der Waals surface area (Å²) in [5.41, 5.74) is 3.98. The molecule has 1 aliphatic rings. The van der Waals surface area contributed by atoms with Gasteiger partial charge in [0, 0.05) is 42.4 Å². The minimum Gasteiger partial charge on any atom is -0.511 e. The van der Waals surface area contributed by atoms with E-state index in [4.69, 9.17) is 4.84 Å². The summed E-state index contributed by atoms with van der Waals surface area (Å²) in [6.07, 6.45) is 1.91. The van der Waals surface area contributed by atoms with Gasteiger partial charge in [-0.15, -0.1) is 0 Å². The molecule has 2 aromatic rings. The molecule has 0 saturated carbocycles. The number of rotatable bonds is 7. The van der Waals surface area contributed by atoms with E-state index in [0.717, 1.165) is 28.6 Å². The fourth-order valence-electron chi connectivity index (χ4n) is 4.21. The maximum atomic E-state index is 12.9. The van der Waals surface area contributed by atoms with E-state index in [-0.39, 0.29) is 29.6 Å². The molecule has 6 heteroatoms. The van der Waals surface area contributed by atoms with Crippen LogP contribution in [0.4, 0.5) is 4.39 Å². The zero-order chi connectivity index (χ0) is 20.3. The van der Waals surface area contributed by atoms with E-state index in [2.05, 4.69) is 28.8 Å². The van der Waals surface area contributed by atoms with E-state index in [1.54, 1.807) is 0 Å². The van der Waals surface area contributed by atoms with Gasteiger partial charge in [0.15, 0.2) is 5.78 Å². The number of hydrogen-bond acceptors (Lipinski definition) is 4. The van der Waals surface area contributed by atoms with E-state index in [9.17, 15) is 14.3 Å². The average molecular weight is 386 g/mol. The van der Waals surface area contributed by atoms with Gasteiger partial charge in [-0.3, -0.25) is 4.79 Å². The average Bonchev–Trinajstić information content (AvgIpc) is 2.92. The Morgan fingerprint density at radius 2 is 2.11 bits per heavy atom. The number of carbonyl (C=O) groups is 1. The van der Waals surface area contributed by atoms with Crippen LogP contribution >= 0.6 is 0 Å². The highest BCUT2D eigenvalue weighted by atomic mass is 19.1. The molecule has 1 N–H and O–H groups in total. The smallest absolute Gasteiger partial charge is 0.168 e. The summed E-state index contributed by atoms with van der Waals surface area (Å²) in [6.45, 7) is 3.21. The third-order valence-electron chi connectivity index (χ3n) is 5.36. The molecular weight excluding hydrogens is 359 g/mol. The zero-order valence-electron chi connectivity index (χ0n) is 16.7. The highest BCUT2D eigenvalue weighted by molar-refractivity contribution is 6.23. The number of alkyl halides is 1. The van der Waals surface area contributed by atoms with Crippen molar-refractivity contribution in [3.63, 3.8) is 0 Å². The topological polar surface area (TPSA) is 63.8 Å². The molecule has 0 bridgehead atoms. The highest BCUT2D eigenvalue weighted by Gasteiger charge is 2.33. The number of hydrogen-bond donors (Lipinski definition) is 1. The molecule has 1 atom stereocenters. The second-order valence-electron chi connectivity index (χ2n) is 7.25. The first-order valence-corrected chi connectivity index (χ1v) is 9.73. The number of allylic oxidation sites excluding steroid dienone is 2. The summed E-state index contributed by atoms with van der Waals surface area (Å²) in [5, 5.41) is 15.8. The summed E-state index contributed by atoms with van der Waals surface area (Å²) >= 11 is 0. The Bertz CT molecular complexity index is 904. The van der Waals surface area contributed by atoms with Gasteiger partial charge < -0.3 is 14.5 Å². The summed E-state index contributed by atoms with van der Waals surface area (Å²) in [6, 6.07) is 8.14. The number of aryl methyl sites for hydroxylation is 2. The van der Waals surface area contributed by atoms with E-state index in [1.165, 1.54) is 0 Å². The van der Waals surface area contributed by atoms with E-state index in [0.29, 0.717) is 25.0 Å². The second-order valence-corrected chi connectivity index (χ2v) is 7.25. The van der Waals surface area contributed by atoms with Crippen molar-refractivity contribution >= 4 is 22.4 Å².